The number of aryl methyl sites for hydroxylation is 1. The van der Waals surface area contributed by atoms with Gasteiger partial charge in [0.15, 0.2) is 11.0 Å². The number of thiophene rings is 1. The second-order valence-electron chi connectivity index (χ2n) is 3.48. The number of rotatable bonds is 4. The van der Waals surface area contributed by atoms with Gasteiger partial charge in [-0.2, -0.15) is 4.39 Å². The van der Waals surface area contributed by atoms with E-state index in [1.165, 1.54) is 18.2 Å². The molecule has 0 aromatic carbocycles. The van der Waals surface area contributed by atoms with Crippen molar-refractivity contribution in [2.45, 2.75) is 11.1 Å². The lowest BCUT2D eigenvalue weighted by Gasteiger charge is -2.02. The second-order valence-corrected chi connectivity index (χ2v) is 6.18. The summed E-state index contributed by atoms with van der Waals surface area (Å²) in [5.41, 5.74) is -0.0812. The number of nitrogens with one attached hydrogen (secondary N) is 1. The summed E-state index contributed by atoms with van der Waals surface area (Å²) >= 11 is 1.05. The summed E-state index contributed by atoms with van der Waals surface area (Å²) in [5.74, 6) is -0.595. The van der Waals surface area contributed by atoms with E-state index in [0.29, 0.717) is 4.88 Å². The molecule has 19 heavy (non-hydrogen) atoms. The predicted molar refractivity (Wildman–Crippen MR) is 69.9 cm³/mol. The summed E-state index contributed by atoms with van der Waals surface area (Å²) in [6.07, 6.45) is 0. The average Bonchev–Trinajstić information content (AvgIpc) is 2.71. The van der Waals surface area contributed by atoms with Gasteiger partial charge in [-0.15, -0.1) is 11.3 Å². The molecule has 0 fully saturated rings. The molecule has 0 saturated heterocycles. The van der Waals surface area contributed by atoms with Crippen molar-refractivity contribution in [2.75, 3.05) is 4.72 Å². The molecule has 1 unspecified atom stereocenters. The van der Waals surface area contributed by atoms with Crippen LogP contribution in [-0.2, 0) is 11.0 Å². The van der Waals surface area contributed by atoms with E-state index in [4.69, 9.17) is 0 Å². The lowest BCUT2D eigenvalue weighted by Crippen LogP contribution is -2.05. The Morgan fingerprint density at radius 3 is 2.84 bits per heavy atom. The highest BCUT2D eigenvalue weighted by Gasteiger charge is 2.19. The highest BCUT2D eigenvalue weighted by Crippen LogP contribution is 2.30. The fourth-order valence-electron chi connectivity index (χ4n) is 1.33. The Morgan fingerprint density at radius 2 is 2.26 bits per heavy atom. The van der Waals surface area contributed by atoms with Crippen molar-refractivity contribution in [3.8, 4) is 0 Å². The Morgan fingerprint density at radius 1 is 1.53 bits per heavy atom. The first-order valence-corrected chi connectivity index (χ1v) is 7.00. The van der Waals surface area contributed by atoms with E-state index in [0.717, 1.165) is 17.4 Å². The van der Waals surface area contributed by atoms with Gasteiger partial charge in [0.05, 0.1) is 9.80 Å². The standard InChI is InChI=1S/C10H8FN3O3S2/c1-6-7(14(15)16)5-10(18-6)19(17)13-9-4-2-3-8(11)12-9/h2-5H,1H3,(H,12,13). The monoisotopic (exact) mass is 301 g/mol. The Labute approximate surface area is 114 Å². The van der Waals surface area contributed by atoms with E-state index in [1.807, 2.05) is 0 Å². The molecule has 0 aliphatic heterocycles. The van der Waals surface area contributed by atoms with Crippen LogP contribution in [0.5, 0.6) is 0 Å². The number of hydrogen-bond acceptors (Lipinski definition) is 5. The fraction of sp³-hybridized carbons (Fsp3) is 0.100. The number of pyridine rings is 1. The van der Waals surface area contributed by atoms with Gasteiger partial charge in [0, 0.05) is 6.07 Å². The molecule has 100 valence electrons. The van der Waals surface area contributed by atoms with Crippen LogP contribution in [0.1, 0.15) is 4.88 Å². The van der Waals surface area contributed by atoms with Crippen LogP contribution < -0.4 is 4.72 Å². The molecule has 1 N–H and O–H groups in total. The summed E-state index contributed by atoms with van der Waals surface area (Å²) in [6.45, 7) is 1.57. The van der Waals surface area contributed by atoms with Crippen LogP contribution >= 0.6 is 11.3 Å². The molecule has 0 aliphatic rings. The molecule has 2 heterocycles. The number of halogens is 1. The van der Waals surface area contributed by atoms with E-state index < -0.39 is 21.9 Å². The molecular weight excluding hydrogens is 293 g/mol. The highest BCUT2D eigenvalue weighted by molar-refractivity contribution is 7.88. The topological polar surface area (TPSA) is 85.1 Å². The van der Waals surface area contributed by atoms with Gasteiger partial charge in [-0.3, -0.25) is 14.8 Å². The van der Waals surface area contributed by atoms with Crippen LogP contribution in [0.2, 0.25) is 0 Å². The van der Waals surface area contributed by atoms with E-state index in [-0.39, 0.29) is 15.7 Å². The van der Waals surface area contributed by atoms with Crippen LogP contribution in [-0.4, -0.2) is 14.1 Å². The minimum absolute atomic E-state index is 0.0812. The van der Waals surface area contributed by atoms with Gasteiger partial charge >= 0.3 is 0 Å². The van der Waals surface area contributed by atoms with Gasteiger partial charge in [-0.25, -0.2) is 9.19 Å². The van der Waals surface area contributed by atoms with Gasteiger partial charge in [-0.1, -0.05) is 6.07 Å². The van der Waals surface area contributed by atoms with Gasteiger partial charge in [-0.05, 0) is 19.1 Å². The first kappa shape index (κ1) is 13.6. The molecule has 0 saturated carbocycles. The first-order valence-electron chi connectivity index (χ1n) is 5.03. The van der Waals surface area contributed by atoms with Crippen molar-refractivity contribution in [2.24, 2.45) is 0 Å². The minimum Gasteiger partial charge on any atom is -0.285 e. The number of nitro groups is 1. The lowest BCUT2D eigenvalue weighted by molar-refractivity contribution is -0.385. The maximum absolute atomic E-state index is 12.9. The zero-order chi connectivity index (χ0) is 14.0. The summed E-state index contributed by atoms with van der Waals surface area (Å²) in [4.78, 5) is 14.1. The van der Waals surface area contributed by atoms with Crippen LogP contribution in [0.15, 0.2) is 28.5 Å². The SMILES string of the molecule is Cc1sc(S(=O)Nc2cccc(F)n2)cc1[N+](=O)[O-]. The van der Waals surface area contributed by atoms with Crippen molar-refractivity contribution >= 4 is 33.8 Å². The van der Waals surface area contributed by atoms with Gasteiger partial charge in [0.25, 0.3) is 5.69 Å². The molecule has 0 bridgehead atoms. The molecule has 1 atom stereocenters. The molecule has 2 aromatic rings. The first-order chi connectivity index (χ1) is 8.97. The third kappa shape index (κ3) is 3.12. The summed E-state index contributed by atoms with van der Waals surface area (Å²) in [5, 5.41) is 10.7. The Hall–Kier alpha value is -1.87. The van der Waals surface area contributed by atoms with E-state index in [9.17, 15) is 18.7 Å². The molecule has 0 amide bonds. The Balaban J connectivity index is 2.21. The Bertz CT molecular complexity index is 659. The number of anilines is 1. The average molecular weight is 301 g/mol. The maximum Gasteiger partial charge on any atom is 0.284 e. The Kier molecular flexibility index (Phi) is 3.86. The van der Waals surface area contributed by atoms with Gasteiger partial charge in [0.2, 0.25) is 5.95 Å². The predicted octanol–water partition coefficient (Wildman–Crippen LogP) is 2.63. The molecule has 9 heteroatoms. The zero-order valence-corrected chi connectivity index (χ0v) is 11.3. The quantitative estimate of drug-likeness (QED) is 0.534. The second kappa shape index (κ2) is 5.41. The number of aromatic nitrogens is 1. The maximum atomic E-state index is 12.9. The third-order valence-electron chi connectivity index (χ3n) is 2.16. The smallest absolute Gasteiger partial charge is 0.284 e. The van der Waals surface area contributed by atoms with Crippen LogP contribution in [0.3, 0.4) is 0 Å². The largest absolute Gasteiger partial charge is 0.285 e. The minimum atomic E-state index is -1.71. The van der Waals surface area contributed by atoms with Crippen LogP contribution in [0.4, 0.5) is 15.9 Å². The highest BCUT2D eigenvalue weighted by atomic mass is 32.2. The lowest BCUT2D eigenvalue weighted by atomic mass is 10.4. The molecule has 2 aromatic heterocycles. The molecule has 2 rings (SSSR count). The zero-order valence-electron chi connectivity index (χ0n) is 9.62. The molecular formula is C10H8FN3O3S2. The summed E-state index contributed by atoms with van der Waals surface area (Å²) < 4.78 is 27.6. The van der Waals surface area contributed by atoms with Gasteiger partial charge in [0.1, 0.15) is 10.0 Å². The molecule has 0 radical (unpaired) electrons. The summed E-state index contributed by atoms with van der Waals surface area (Å²) in [6, 6.07) is 5.27. The molecule has 0 aliphatic carbocycles. The van der Waals surface area contributed by atoms with Crippen molar-refractivity contribution in [3.63, 3.8) is 0 Å². The molecule has 6 nitrogen and oxygen atoms in total. The number of nitrogens with zero attached hydrogens (tertiary/aromatic N) is 2. The van der Waals surface area contributed by atoms with Crippen LogP contribution in [0, 0.1) is 23.0 Å². The number of hydrogen-bond donors (Lipinski definition) is 1. The van der Waals surface area contributed by atoms with E-state index in [1.54, 1.807) is 6.92 Å². The van der Waals surface area contributed by atoms with Gasteiger partial charge < -0.3 is 0 Å². The van der Waals surface area contributed by atoms with Crippen molar-refractivity contribution in [3.05, 3.63) is 45.2 Å². The summed E-state index contributed by atoms with van der Waals surface area (Å²) in [7, 11) is -1.71. The van der Waals surface area contributed by atoms with Crippen molar-refractivity contribution in [1.29, 1.82) is 0 Å². The molecule has 0 spiro atoms. The van der Waals surface area contributed by atoms with Crippen molar-refractivity contribution in [1.82, 2.24) is 4.98 Å². The normalized spacial score (nSPS) is 12.1. The van der Waals surface area contributed by atoms with E-state index in [2.05, 4.69) is 9.71 Å². The van der Waals surface area contributed by atoms with Crippen molar-refractivity contribution < 1.29 is 13.5 Å². The van der Waals surface area contributed by atoms with E-state index >= 15 is 0 Å². The fourth-order valence-corrected chi connectivity index (χ4v) is 3.46. The third-order valence-corrected chi connectivity index (χ3v) is 4.58. The van der Waals surface area contributed by atoms with Crippen LogP contribution in [0.25, 0.3) is 0 Å².